The summed E-state index contributed by atoms with van der Waals surface area (Å²) in [4.78, 5) is 4.53. The smallest absolute Gasteiger partial charge is 0.161 e. The fourth-order valence-corrected chi connectivity index (χ4v) is 2.75. The van der Waals surface area contributed by atoms with Crippen LogP contribution in [-0.2, 0) is 7.05 Å². The molecule has 0 unspecified atom stereocenters. The van der Waals surface area contributed by atoms with Crippen molar-refractivity contribution < 1.29 is 9.47 Å². The summed E-state index contributed by atoms with van der Waals surface area (Å²) in [6.45, 7) is 3.19. The van der Waals surface area contributed by atoms with Gasteiger partial charge in [0.05, 0.1) is 5.69 Å². The lowest BCUT2D eigenvalue weighted by molar-refractivity contribution is 0.171. The average Bonchev–Trinajstić information content (AvgIpc) is 3.01. The molecule has 1 aliphatic rings. The predicted octanol–water partition coefficient (Wildman–Crippen LogP) is 3.23. The molecule has 1 aromatic carbocycles. The lowest BCUT2D eigenvalue weighted by Gasteiger charge is -2.19. The van der Waals surface area contributed by atoms with Crippen LogP contribution in [0.4, 0.5) is 0 Å². The molecular weight excluding hydrogens is 290 g/mol. The quantitative estimate of drug-likeness (QED) is 0.729. The number of hydrogen-bond acceptors (Lipinski definition) is 4. The van der Waals surface area contributed by atoms with E-state index in [0.29, 0.717) is 13.2 Å². The zero-order valence-electron chi connectivity index (χ0n) is 13.1. The first-order chi connectivity index (χ1) is 11.2. The van der Waals surface area contributed by atoms with Crippen LogP contribution >= 0.6 is 0 Å². The zero-order chi connectivity index (χ0) is 15.8. The van der Waals surface area contributed by atoms with Gasteiger partial charge in [-0.25, -0.2) is 0 Å². The van der Waals surface area contributed by atoms with Gasteiger partial charge >= 0.3 is 0 Å². The van der Waals surface area contributed by atoms with Crippen molar-refractivity contribution in [3.8, 4) is 33.9 Å². The highest BCUT2D eigenvalue weighted by Crippen LogP contribution is 2.36. The molecule has 3 aromatic rings. The number of aromatic nitrogens is 3. The molecule has 0 spiro atoms. The van der Waals surface area contributed by atoms with Crippen LogP contribution in [0.15, 0.2) is 42.7 Å². The molecule has 0 fully saturated rings. The molecule has 0 bridgehead atoms. The molecule has 116 valence electrons. The molecule has 0 atom stereocenters. The number of fused-ring (bicyclic) bond motifs is 1. The van der Waals surface area contributed by atoms with E-state index in [1.54, 1.807) is 4.68 Å². The van der Waals surface area contributed by atoms with Crippen molar-refractivity contribution in [3.63, 3.8) is 0 Å². The Hall–Kier alpha value is -2.82. The third-order valence-electron chi connectivity index (χ3n) is 3.95. The van der Waals surface area contributed by atoms with Gasteiger partial charge in [-0.1, -0.05) is 6.07 Å². The first kappa shape index (κ1) is 13.8. The molecule has 5 heteroatoms. The van der Waals surface area contributed by atoms with Gasteiger partial charge in [0.25, 0.3) is 0 Å². The van der Waals surface area contributed by atoms with E-state index in [-0.39, 0.29) is 0 Å². The minimum absolute atomic E-state index is 0.585. The van der Waals surface area contributed by atoms with Gasteiger partial charge in [0.1, 0.15) is 13.2 Å². The maximum absolute atomic E-state index is 5.68. The molecule has 1 aliphatic heterocycles. The number of benzene rings is 1. The molecule has 0 saturated heterocycles. The molecule has 0 radical (unpaired) electrons. The second kappa shape index (κ2) is 5.43. The first-order valence-corrected chi connectivity index (χ1v) is 7.57. The van der Waals surface area contributed by atoms with Gasteiger partial charge in [0.2, 0.25) is 0 Å². The van der Waals surface area contributed by atoms with Crippen LogP contribution in [0.3, 0.4) is 0 Å². The van der Waals surface area contributed by atoms with Crippen LogP contribution in [0.25, 0.3) is 22.4 Å². The van der Waals surface area contributed by atoms with Crippen LogP contribution in [0, 0.1) is 6.92 Å². The normalized spacial score (nSPS) is 13.1. The third-order valence-corrected chi connectivity index (χ3v) is 3.95. The Balaban J connectivity index is 1.79. The summed E-state index contributed by atoms with van der Waals surface area (Å²) >= 11 is 0. The van der Waals surface area contributed by atoms with Gasteiger partial charge in [0.15, 0.2) is 11.5 Å². The van der Waals surface area contributed by atoms with Crippen LogP contribution in [-0.4, -0.2) is 28.0 Å². The van der Waals surface area contributed by atoms with Crippen LogP contribution < -0.4 is 9.47 Å². The van der Waals surface area contributed by atoms with Crippen molar-refractivity contribution in [2.24, 2.45) is 7.05 Å². The summed E-state index contributed by atoms with van der Waals surface area (Å²) in [5.74, 6) is 1.59. The molecule has 0 amide bonds. The minimum Gasteiger partial charge on any atom is -0.486 e. The fourth-order valence-electron chi connectivity index (χ4n) is 2.75. The molecule has 5 nitrogen and oxygen atoms in total. The summed E-state index contributed by atoms with van der Waals surface area (Å²) in [7, 11) is 1.91. The van der Waals surface area contributed by atoms with Crippen molar-refractivity contribution in [2.75, 3.05) is 13.2 Å². The Kier molecular flexibility index (Phi) is 3.26. The number of hydrogen-bond donors (Lipinski definition) is 0. The largest absolute Gasteiger partial charge is 0.486 e. The Bertz CT molecular complexity index is 870. The average molecular weight is 307 g/mol. The summed E-state index contributed by atoms with van der Waals surface area (Å²) in [5.41, 5.74) is 5.03. The van der Waals surface area contributed by atoms with E-state index in [9.17, 15) is 0 Å². The van der Waals surface area contributed by atoms with E-state index in [0.717, 1.165) is 39.6 Å². The fraction of sp³-hybridized carbons (Fsp3) is 0.222. The van der Waals surface area contributed by atoms with Crippen molar-refractivity contribution in [3.05, 3.63) is 48.4 Å². The van der Waals surface area contributed by atoms with Crippen LogP contribution in [0.5, 0.6) is 11.5 Å². The number of aryl methyl sites for hydroxylation is 2. The number of nitrogens with zero attached hydrogens (tertiary/aromatic N) is 3. The first-order valence-electron chi connectivity index (χ1n) is 7.57. The van der Waals surface area contributed by atoms with E-state index in [1.165, 1.54) is 0 Å². The molecule has 0 N–H and O–H groups in total. The molecular formula is C18H17N3O2. The molecule has 2 aromatic heterocycles. The molecule has 4 rings (SSSR count). The van der Waals surface area contributed by atoms with Crippen LogP contribution in [0.2, 0.25) is 0 Å². The number of ether oxygens (including phenoxy) is 2. The summed E-state index contributed by atoms with van der Waals surface area (Å²) in [6, 6.07) is 10.1. The monoisotopic (exact) mass is 307 g/mol. The second-order valence-corrected chi connectivity index (χ2v) is 5.59. The standard InChI is InChI=1S/C18H17N3O2/c1-12-15(9-14(11-19-12)16-5-6-21(2)20-16)13-3-4-17-18(10-13)23-8-7-22-17/h3-6,9-11H,7-8H2,1-2H3. The van der Waals surface area contributed by atoms with Crippen LogP contribution in [0.1, 0.15) is 5.69 Å². The van der Waals surface area contributed by atoms with Crippen molar-refractivity contribution in [1.82, 2.24) is 14.8 Å². The Labute approximate surface area is 134 Å². The Morgan fingerprint density at radius 2 is 1.83 bits per heavy atom. The summed E-state index contributed by atoms with van der Waals surface area (Å²) < 4.78 is 13.1. The van der Waals surface area contributed by atoms with Gasteiger partial charge in [-0.15, -0.1) is 0 Å². The van der Waals surface area contributed by atoms with Crippen molar-refractivity contribution in [1.29, 1.82) is 0 Å². The third kappa shape index (κ3) is 2.54. The maximum atomic E-state index is 5.68. The van der Waals surface area contributed by atoms with Gasteiger partial charge in [-0.05, 0) is 36.8 Å². The Morgan fingerprint density at radius 3 is 2.61 bits per heavy atom. The van der Waals surface area contributed by atoms with Crippen molar-refractivity contribution in [2.45, 2.75) is 6.92 Å². The lowest BCUT2D eigenvalue weighted by Crippen LogP contribution is -2.15. The van der Waals surface area contributed by atoms with Gasteiger partial charge in [-0.2, -0.15) is 5.10 Å². The number of pyridine rings is 1. The lowest BCUT2D eigenvalue weighted by atomic mass is 10.0. The van der Waals surface area contributed by atoms with E-state index in [1.807, 2.05) is 50.6 Å². The summed E-state index contributed by atoms with van der Waals surface area (Å²) in [6.07, 6.45) is 3.79. The second-order valence-electron chi connectivity index (χ2n) is 5.59. The maximum Gasteiger partial charge on any atom is 0.161 e. The van der Waals surface area contributed by atoms with E-state index in [2.05, 4.69) is 16.1 Å². The van der Waals surface area contributed by atoms with Gasteiger partial charge < -0.3 is 9.47 Å². The van der Waals surface area contributed by atoms with E-state index < -0.39 is 0 Å². The highest BCUT2D eigenvalue weighted by Gasteiger charge is 2.14. The van der Waals surface area contributed by atoms with Crippen molar-refractivity contribution >= 4 is 0 Å². The Morgan fingerprint density at radius 1 is 1.00 bits per heavy atom. The molecule has 0 saturated carbocycles. The predicted molar refractivity (Wildman–Crippen MR) is 87.6 cm³/mol. The highest BCUT2D eigenvalue weighted by atomic mass is 16.6. The SMILES string of the molecule is Cc1ncc(-c2ccn(C)n2)cc1-c1ccc2c(c1)OCCO2. The summed E-state index contributed by atoms with van der Waals surface area (Å²) in [5, 5.41) is 4.45. The molecule has 0 aliphatic carbocycles. The number of rotatable bonds is 2. The van der Waals surface area contributed by atoms with E-state index >= 15 is 0 Å². The minimum atomic E-state index is 0.585. The topological polar surface area (TPSA) is 49.2 Å². The molecule has 3 heterocycles. The van der Waals surface area contributed by atoms with Gasteiger partial charge in [0, 0.05) is 36.3 Å². The zero-order valence-corrected chi connectivity index (χ0v) is 13.1. The van der Waals surface area contributed by atoms with E-state index in [4.69, 9.17) is 9.47 Å². The molecule has 23 heavy (non-hydrogen) atoms. The van der Waals surface area contributed by atoms with Gasteiger partial charge in [-0.3, -0.25) is 9.67 Å². The highest BCUT2D eigenvalue weighted by molar-refractivity contribution is 5.74.